The Morgan fingerprint density at radius 1 is 1.44 bits per heavy atom. The van der Waals surface area contributed by atoms with Crippen molar-refractivity contribution in [3.8, 4) is 0 Å². The third kappa shape index (κ3) is 3.12. The normalized spacial score (nSPS) is 23.4. The highest BCUT2D eigenvalue weighted by Crippen LogP contribution is 2.27. The van der Waals surface area contributed by atoms with Crippen LogP contribution in [0.3, 0.4) is 0 Å². The molecule has 0 atom stereocenters. The minimum absolute atomic E-state index is 0.0451. The molecule has 1 aliphatic rings. The molecule has 102 valence electrons. The predicted octanol–water partition coefficient (Wildman–Crippen LogP) is 1.67. The minimum Gasteiger partial charge on any atom is -0.393 e. The fourth-order valence-electron chi connectivity index (χ4n) is 2.72. The van der Waals surface area contributed by atoms with E-state index in [4.69, 9.17) is 0 Å². The zero-order valence-electron chi connectivity index (χ0n) is 11.8. The Morgan fingerprint density at radius 2 is 2.17 bits per heavy atom. The van der Waals surface area contributed by atoms with Gasteiger partial charge < -0.3 is 10.0 Å². The number of hydrogen-bond donors (Lipinski definition) is 1. The quantitative estimate of drug-likeness (QED) is 0.836. The minimum atomic E-state index is -0.0451. The van der Waals surface area contributed by atoms with Gasteiger partial charge in [0.05, 0.1) is 17.5 Å². The Morgan fingerprint density at radius 3 is 2.72 bits per heavy atom. The fourth-order valence-corrected chi connectivity index (χ4v) is 2.72. The summed E-state index contributed by atoms with van der Waals surface area (Å²) in [6, 6.07) is 2.22. The molecule has 0 spiro atoms. The molecule has 2 rings (SSSR count). The van der Waals surface area contributed by atoms with E-state index >= 15 is 0 Å². The first-order valence-corrected chi connectivity index (χ1v) is 7.04. The Kier molecular flexibility index (Phi) is 4.40. The first kappa shape index (κ1) is 13.6. The number of aliphatic hydroxyl groups is 1. The second-order valence-corrected chi connectivity index (χ2v) is 5.48. The van der Waals surface area contributed by atoms with E-state index in [1.54, 1.807) is 0 Å². The molecule has 4 nitrogen and oxygen atoms in total. The largest absolute Gasteiger partial charge is 0.393 e. The summed E-state index contributed by atoms with van der Waals surface area (Å²) in [6.45, 7) is 7.25. The van der Waals surface area contributed by atoms with Crippen molar-refractivity contribution in [2.75, 3.05) is 13.6 Å². The lowest BCUT2D eigenvalue weighted by atomic mass is 9.82. The average Bonchev–Trinajstić information content (AvgIpc) is 2.69. The monoisotopic (exact) mass is 251 g/mol. The van der Waals surface area contributed by atoms with Gasteiger partial charge in [0.2, 0.25) is 0 Å². The summed E-state index contributed by atoms with van der Waals surface area (Å²) in [5.74, 6) is 0.675. The van der Waals surface area contributed by atoms with E-state index in [9.17, 15) is 5.11 Å². The van der Waals surface area contributed by atoms with Crippen LogP contribution in [0.2, 0.25) is 0 Å². The molecule has 1 aromatic rings. The van der Waals surface area contributed by atoms with Crippen LogP contribution in [-0.2, 0) is 19.5 Å². The van der Waals surface area contributed by atoms with Crippen LogP contribution < -0.4 is 0 Å². The van der Waals surface area contributed by atoms with Crippen molar-refractivity contribution < 1.29 is 5.11 Å². The molecule has 18 heavy (non-hydrogen) atoms. The van der Waals surface area contributed by atoms with E-state index in [0.29, 0.717) is 5.92 Å². The van der Waals surface area contributed by atoms with Crippen LogP contribution in [0.4, 0.5) is 0 Å². The molecule has 1 fully saturated rings. The van der Waals surface area contributed by atoms with E-state index < -0.39 is 0 Å². The number of rotatable bonds is 6. The summed E-state index contributed by atoms with van der Waals surface area (Å²) >= 11 is 0. The first-order valence-electron chi connectivity index (χ1n) is 7.04. The van der Waals surface area contributed by atoms with Gasteiger partial charge in [-0.25, -0.2) is 0 Å². The summed E-state index contributed by atoms with van der Waals surface area (Å²) in [4.78, 5) is 2.35. The fraction of sp³-hybridized carbons (Fsp3) is 0.786. The number of aromatic nitrogens is 2. The summed E-state index contributed by atoms with van der Waals surface area (Å²) in [5.41, 5.74) is 2.48. The zero-order chi connectivity index (χ0) is 13.1. The molecule has 1 saturated carbocycles. The second-order valence-electron chi connectivity index (χ2n) is 5.48. The summed E-state index contributed by atoms with van der Waals surface area (Å²) in [7, 11) is 2.16. The zero-order valence-corrected chi connectivity index (χ0v) is 11.8. The van der Waals surface area contributed by atoms with Crippen LogP contribution >= 0.6 is 0 Å². The van der Waals surface area contributed by atoms with Crippen molar-refractivity contribution in [1.82, 2.24) is 14.7 Å². The first-order chi connectivity index (χ1) is 8.62. The highest BCUT2D eigenvalue weighted by atomic mass is 16.3. The van der Waals surface area contributed by atoms with Gasteiger partial charge in [0.15, 0.2) is 0 Å². The molecule has 0 bridgehead atoms. The highest BCUT2D eigenvalue weighted by Gasteiger charge is 2.28. The smallest absolute Gasteiger partial charge is 0.0625 e. The maximum absolute atomic E-state index is 9.31. The van der Waals surface area contributed by atoms with Gasteiger partial charge in [0.25, 0.3) is 0 Å². The van der Waals surface area contributed by atoms with Crippen LogP contribution in [-0.4, -0.2) is 39.5 Å². The Labute approximate surface area is 110 Å². The molecular formula is C14H25N3O. The van der Waals surface area contributed by atoms with E-state index in [1.807, 2.05) is 0 Å². The van der Waals surface area contributed by atoms with Gasteiger partial charge in [0.1, 0.15) is 0 Å². The molecule has 0 radical (unpaired) electrons. The molecule has 1 aliphatic carbocycles. The van der Waals surface area contributed by atoms with E-state index in [1.165, 1.54) is 11.4 Å². The van der Waals surface area contributed by atoms with E-state index in [2.05, 4.69) is 41.6 Å². The standard InChI is InChI=1S/C14H25N3O/c1-4-12-8-13(17(5-2)15-12)10-16(3)9-11-6-14(18)7-11/h8,11,14,18H,4-7,9-10H2,1-3H3. The van der Waals surface area contributed by atoms with E-state index in [0.717, 1.165) is 38.9 Å². The van der Waals surface area contributed by atoms with Crippen LogP contribution in [0.5, 0.6) is 0 Å². The van der Waals surface area contributed by atoms with Crippen molar-refractivity contribution in [3.05, 3.63) is 17.5 Å². The molecule has 0 unspecified atom stereocenters. The van der Waals surface area contributed by atoms with Crippen molar-refractivity contribution in [1.29, 1.82) is 0 Å². The molecular weight excluding hydrogens is 226 g/mol. The number of aliphatic hydroxyl groups excluding tert-OH is 1. The Bertz CT molecular complexity index is 382. The predicted molar refractivity (Wildman–Crippen MR) is 72.3 cm³/mol. The maximum atomic E-state index is 9.31. The average molecular weight is 251 g/mol. The molecule has 4 heteroatoms. The Hall–Kier alpha value is -0.870. The molecule has 0 aromatic carbocycles. The third-order valence-electron chi connectivity index (χ3n) is 3.79. The lowest BCUT2D eigenvalue weighted by molar-refractivity contribution is 0.0270. The van der Waals surface area contributed by atoms with Crippen LogP contribution in [0, 0.1) is 5.92 Å². The topological polar surface area (TPSA) is 41.3 Å². The number of nitrogens with zero attached hydrogens (tertiary/aromatic N) is 3. The second kappa shape index (κ2) is 5.85. The molecule has 1 heterocycles. The number of aryl methyl sites for hydroxylation is 2. The highest BCUT2D eigenvalue weighted by molar-refractivity contribution is 5.10. The lowest BCUT2D eigenvalue weighted by Gasteiger charge is -2.34. The van der Waals surface area contributed by atoms with Gasteiger partial charge in [-0.05, 0) is 45.2 Å². The molecule has 0 aliphatic heterocycles. The van der Waals surface area contributed by atoms with Gasteiger partial charge in [0, 0.05) is 19.6 Å². The van der Waals surface area contributed by atoms with Crippen LogP contribution in [0.15, 0.2) is 6.07 Å². The number of hydrogen-bond acceptors (Lipinski definition) is 3. The van der Waals surface area contributed by atoms with Crippen molar-refractivity contribution in [2.24, 2.45) is 5.92 Å². The van der Waals surface area contributed by atoms with Crippen LogP contribution in [0.25, 0.3) is 0 Å². The van der Waals surface area contributed by atoms with Crippen LogP contribution in [0.1, 0.15) is 38.1 Å². The molecule has 1 aromatic heterocycles. The van der Waals surface area contributed by atoms with Gasteiger partial charge in [-0.1, -0.05) is 6.92 Å². The summed E-state index contributed by atoms with van der Waals surface area (Å²) in [6.07, 6.45) is 2.89. The summed E-state index contributed by atoms with van der Waals surface area (Å²) in [5, 5.41) is 13.9. The van der Waals surface area contributed by atoms with Crippen molar-refractivity contribution in [2.45, 2.75) is 52.3 Å². The molecule has 0 amide bonds. The molecule has 1 N–H and O–H groups in total. The van der Waals surface area contributed by atoms with Gasteiger partial charge in [-0.3, -0.25) is 4.68 Å². The van der Waals surface area contributed by atoms with Gasteiger partial charge >= 0.3 is 0 Å². The van der Waals surface area contributed by atoms with Gasteiger partial charge in [-0.15, -0.1) is 0 Å². The third-order valence-corrected chi connectivity index (χ3v) is 3.79. The lowest BCUT2D eigenvalue weighted by Crippen LogP contribution is -2.37. The molecule has 0 saturated heterocycles. The SMILES string of the molecule is CCc1cc(CN(C)CC2CC(O)C2)n(CC)n1. The van der Waals surface area contributed by atoms with Crippen molar-refractivity contribution in [3.63, 3.8) is 0 Å². The Balaban J connectivity index is 1.89. The maximum Gasteiger partial charge on any atom is 0.0625 e. The van der Waals surface area contributed by atoms with Gasteiger partial charge in [-0.2, -0.15) is 5.10 Å². The van der Waals surface area contributed by atoms with Crippen molar-refractivity contribution >= 4 is 0 Å². The summed E-state index contributed by atoms with van der Waals surface area (Å²) < 4.78 is 2.10. The van der Waals surface area contributed by atoms with E-state index in [-0.39, 0.29) is 6.10 Å².